The molecule has 3 aliphatic carbocycles. The molecule has 3 saturated carbocycles. The van der Waals surface area contributed by atoms with Crippen LogP contribution in [0.1, 0.15) is 31.2 Å². The topological polar surface area (TPSA) is 64.6 Å². The van der Waals surface area contributed by atoms with Gasteiger partial charge >= 0.3 is 0 Å². The second-order valence-corrected chi connectivity index (χ2v) is 9.71. The number of ketones is 1. The summed E-state index contributed by atoms with van der Waals surface area (Å²) < 4.78 is 24.3. The Morgan fingerprint density at radius 3 is 2.44 bits per heavy atom. The van der Waals surface area contributed by atoms with Gasteiger partial charge in [0.05, 0.1) is 11.6 Å². The molecule has 5 rings (SSSR count). The molecular weight excluding hydrogens is 456 g/mol. The molecule has 0 aromatic heterocycles. The molecule has 0 atom stereocenters. The van der Waals surface area contributed by atoms with Crippen LogP contribution in [-0.4, -0.2) is 37.0 Å². The van der Waals surface area contributed by atoms with E-state index in [4.69, 9.17) is 32.7 Å². The number of carbonyl (C=O) groups is 2. The van der Waals surface area contributed by atoms with Crippen LogP contribution in [0.3, 0.4) is 0 Å². The van der Waals surface area contributed by atoms with Crippen LogP contribution in [0, 0.1) is 11.2 Å². The number of halogens is 3. The first-order valence-electron chi connectivity index (χ1n) is 10.5. The third-order valence-corrected chi connectivity index (χ3v) is 6.65. The number of benzene rings is 2. The molecular formula is C24H24Cl2FNO4. The summed E-state index contributed by atoms with van der Waals surface area (Å²) in [5, 5.41) is 3.69. The lowest BCUT2D eigenvalue weighted by atomic mass is 9.38. The second kappa shape index (κ2) is 9.38. The number of hydrogen-bond acceptors (Lipinski definition) is 4. The van der Waals surface area contributed by atoms with Crippen molar-refractivity contribution in [2.24, 2.45) is 5.41 Å². The highest BCUT2D eigenvalue weighted by Crippen LogP contribution is 2.68. The maximum Gasteiger partial charge on any atom is 0.258 e. The first-order chi connectivity index (χ1) is 15.3. The van der Waals surface area contributed by atoms with E-state index in [1.165, 1.54) is 12.1 Å². The predicted octanol–water partition coefficient (Wildman–Crippen LogP) is 4.77. The van der Waals surface area contributed by atoms with Crippen LogP contribution in [0.15, 0.2) is 42.5 Å². The summed E-state index contributed by atoms with van der Waals surface area (Å²) in [6, 6.07) is 11.6. The van der Waals surface area contributed by atoms with Gasteiger partial charge in [-0.05, 0) is 60.9 Å². The maximum atomic E-state index is 13.4. The van der Waals surface area contributed by atoms with E-state index in [0.717, 1.165) is 37.3 Å². The van der Waals surface area contributed by atoms with Crippen LogP contribution in [0.25, 0.3) is 0 Å². The second-order valence-electron chi connectivity index (χ2n) is 8.87. The van der Waals surface area contributed by atoms with Gasteiger partial charge in [-0.25, -0.2) is 4.39 Å². The van der Waals surface area contributed by atoms with E-state index < -0.39 is 5.82 Å². The largest absolute Gasteiger partial charge is 0.484 e. The Labute approximate surface area is 196 Å². The highest BCUT2D eigenvalue weighted by atomic mass is 35.5. The van der Waals surface area contributed by atoms with E-state index in [-0.39, 0.29) is 46.6 Å². The van der Waals surface area contributed by atoms with E-state index in [0.29, 0.717) is 18.1 Å². The van der Waals surface area contributed by atoms with Crippen molar-refractivity contribution < 1.29 is 23.5 Å². The predicted molar refractivity (Wildman–Crippen MR) is 120 cm³/mol. The number of hydrogen-bond donors (Lipinski definition) is 1. The normalized spacial score (nSPS) is 23.1. The van der Waals surface area contributed by atoms with Gasteiger partial charge in [0.2, 0.25) is 0 Å². The Kier molecular flexibility index (Phi) is 6.75. The van der Waals surface area contributed by atoms with Crippen LogP contribution in [-0.2, 0) is 20.7 Å². The standard InChI is InChI=1S/C24H24Cl2FNO4/c25-17-3-1-16(2-4-17)7-8-31-11-18(29)10-23-13-24(14-23,15-23)28-22(30)12-32-19-5-6-20(26)21(27)9-19/h1-6,9H,7-8,10-15H2,(H,28,30). The lowest BCUT2D eigenvalue weighted by molar-refractivity contribution is -0.174. The smallest absolute Gasteiger partial charge is 0.258 e. The Morgan fingerprint density at radius 1 is 1.03 bits per heavy atom. The molecule has 32 heavy (non-hydrogen) atoms. The van der Waals surface area contributed by atoms with Crippen molar-refractivity contribution in [3.8, 4) is 5.75 Å². The molecule has 0 aliphatic heterocycles. The summed E-state index contributed by atoms with van der Waals surface area (Å²) in [6.07, 6.45) is 3.58. The van der Waals surface area contributed by atoms with Crippen molar-refractivity contribution in [3.63, 3.8) is 0 Å². The zero-order chi connectivity index (χ0) is 22.8. The van der Waals surface area contributed by atoms with Gasteiger partial charge in [-0.3, -0.25) is 9.59 Å². The number of rotatable bonds is 11. The quantitative estimate of drug-likeness (QED) is 0.471. The van der Waals surface area contributed by atoms with Crippen molar-refractivity contribution in [2.75, 3.05) is 19.8 Å². The van der Waals surface area contributed by atoms with Gasteiger partial charge in [-0.15, -0.1) is 0 Å². The van der Waals surface area contributed by atoms with Crippen molar-refractivity contribution in [1.82, 2.24) is 5.32 Å². The Morgan fingerprint density at radius 2 is 1.75 bits per heavy atom. The Balaban J connectivity index is 1.11. The number of Topliss-reactive ketones (excluding diaryl/α,β-unsaturated/α-hetero) is 1. The summed E-state index contributed by atoms with van der Waals surface area (Å²) in [6.45, 7) is 0.397. The molecule has 2 aromatic rings. The zero-order valence-corrected chi connectivity index (χ0v) is 19.0. The van der Waals surface area contributed by atoms with Crippen molar-refractivity contribution in [1.29, 1.82) is 0 Å². The van der Waals surface area contributed by atoms with Crippen LogP contribution >= 0.6 is 23.2 Å². The lowest BCUT2D eigenvalue weighted by Crippen LogP contribution is -2.75. The monoisotopic (exact) mass is 479 g/mol. The summed E-state index contributed by atoms with van der Waals surface area (Å²) in [5.74, 6) is -0.512. The van der Waals surface area contributed by atoms with E-state index in [1.54, 1.807) is 0 Å². The molecule has 0 radical (unpaired) electrons. The molecule has 8 heteroatoms. The van der Waals surface area contributed by atoms with Gasteiger partial charge in [0.1, 0.15) is 18.2 Å². The number of carbonyl (C=O) groups excluding carboxylic acids is 2. The molecule has 1 N–H and O–H groups in total. The van der Waals surface area contributed by atoms with Crippen LogP contribution < -0.4 is 10.1 Å². The highest BCUT2D eigenvalue weighted by molar-refractivity contribution is 6.30. The molecule has 0 spiro atoms. The lowest BCUT2D eigenvalue weighted by Gasteiger charge is -2.70. The molecule has 2 bridgehead atoms. The number of ether oxygens (including phenoxy) is 2. The van der Waals surface area contributed by atoms with E-state index >= 15 is 0 Å². The van der Waals surface area contributed by atoms with Gasteiger partial charge in [-0.2, -0.15) is 0 Å². The van der Waals surface area contributed by atoms with Crippen molar-refractivity contribution in [3.05, 3.63) is 63.9 Å². The van der Waals surface area contributed by atoms with Gasteiger partial charge < -0.3 is 14.8 Å². The molecule has 170 valence electrons. The fraction of sp³-hybridized carbons (Fsp3) is 0.417. The fourth-order valence-electron chi connectivity index (χ4n) is 4.86. The summed E-state index contributed by atoms with van der Waals surface area (Å²) in [5.41, 5.74) is 0.870. The van der Waals surface area contributed by atoms with E-state index in [9.17, 15) is 14.0 Å². The fourth-order valence-corrected chi connectivity index (χ4v) is 5.11. The zero-order valence-electron chi connectivity index (χ0n) is 17.5. The van der Waals surface area contributed by atoms with Gasteiger partial charge in [0.15, 0.2) is 12.4 Å². The average molecular weight is 480 g/mol. The summed E-state index contributed by atoms with van der Waals surface area (Å²) in [7, 11) is 0. The van der Waals surface area contributed by atoms with Gasteiger partial charge in [0, 0.05) is 23.0 Å². The third kappa shape index (κ3) is 5.42. The highest BCUT2D eigenvalue weighted by Gasteiger charge is 2.68. The first kappa shape index (κ1) is 23.0. The van der Waals surface area contributed by atoms with Crippen LogP contribution in [0.5, 0.6) is 5.75 Å². The Hall–Kier alpha value is -2.15. The molecule has 2 aromatic carbocycles. The maximum absolute atomic E-state index is 13.4. The number of nitrogens with one attached hydrogen (secondary N) is 1. The van der Waals surface area contributed by atoms with E-state index in [1.807, 2.05) is 24.3 Å². The minimum absolute atomic E-state index is 0.00229. The summed E-state index contributed by atoms with van der Waals surface area (Å²) in [4.78, 5) is 24.5. The third-order valence-electron chi connectivity index (χ3n) is 6.09. The van der Waals surface area contributed by atoms with Crippen LogP contribution in [0.4, 0.5) is 4.39 Å². The Bertz CT molecular complexity index is 992. The molecule has 1 amide bonds. The summed E-state index contributed by atoms with van der Waals surface area (Å²) >= 11 is 11.5. The SMILES string of the molecule is O=C(COCCc1ccc(Cl)cc1)CC12CC(NC(=O)COc3ccc(Cl)c(F)c3)(C1)C2. The van der Waals surface area contributed by atoms with Gasteiger partial charge in [-0.1, -0.05) is 35.3 Å². The molecule has 3 fully saturated rings. The van der Waals surface area contributed by atoms with Crippen LogP contribution in [0.2, 0.25) is 10.0 Å². The minimum Gasteiger partial charge on any atom is -0.484 e. The molecule has 0 heterocycles. The van der Waals surface area contributed by atoms with Crippen molar-refractivity contribution in [2.45, 2.75) is 37.6 Å². The molecule has 0 unspecified atom stereocenters. The number of amides is 1. The molecule has 3 aliphatic rings. The van der Waals surface area contributed by atoms with Crippen molar-refractivity contribution >= 4 is 34.9 Å². The minimum atomic E-state index is -0.593. The molecule has 5 nitrogen and oxygen atoms in total. The van der Waals surface area contributed by atoms with Gasteiger partial charge in [0.25, 0.3) is 5.91 Å². The van der Waals surface area contributed by atoms with E-state index in [2.05, 4.69) is 5.32 Å². The molecule has 0 saturated heterocycles. The first-order valence-corrected chi connectivity index (χ1v) is 11.2. The average Bonchev–Trinajstić information content (AvgIpc) is 2.71.